The van der Waals surface area contributed by atoms with Gasteiger partial charge in [-0.2, -0.15) is 13.2 Å². The lowest BCUT2D eigenvalue weighted by atomic mass is 9.93. The van der Waals surface area contributed by atoms with Gasteiger partial charge in [0.05, 0.1) is 32.4 Å². The Labute approximate surface area is 203 Å². The summed E-state index contributed by atoms with van der Waals surface area (Å²) in [5.74, 6) is -3.64. The smallest absolute Gasteiger partial charge is 0.490 e. The SMILES string of the molecule is CCOc1cc(C(=O)OC)ccc1CN1C[C@]2(F)CN(CCOC)C(=O)[C@]2(F)C1.O=C(O)C(F)(F)F. The van der Waals surface area contributed by atoms with Gasteiger partial charge in [0, 0.05) is 38.9 Å². The minimum atomic E-state index is -5.08. The fraction of sp³-hybridized carbons (Fsp3) is 0.591. The highest BCUT2D eigenvalue weighted by Crippen LogP contribution is 2.46. The van der Waals surface area contributed by atoms with Crippen molar-refractivity contribution in [3.05, 3.63) is 29.3 Å². The highest BCUT2D eigenvalue weighted by atomic mass is 19.4. The molecule has 0 saturated carbocycles. The van der Waals surface area contributed by atoms with E-state index in [9.17, 15) is 22.8 Å². The summed E-state index contributed by atoms with van der Waals surface area (Å²) in [5.41, 5.74) is -3.84. The molecule has 1 aromatic carbocycles. The number of hydrogen-bond acceptors (Lipinski definition) is 7. The number of carbonyl (C=O) groups is 3. The quantitative estimate of drug-likeness (QED) is 0.406. The van der Waals surface area contributed by atoms with E-state index in [1.807, 2.05) is 0 Å². The van der Waals surface area contributed by atoms with Crippen LogP contribution in [0.3, 0.4) is 0 Å². The highest BCUT2D eigenvalue weighted by molar-refractivity contribution is 5.91. The summed E-state index contributed by atoms with van der Waals surface area (Å²) in [7, 11) is 2.76. The number of alkyl halides is 5. The number of nitrogens with zero attached hydrogens (tertiary/aromatic N) is 2. The summed E-state index contributed by atoms with van der Waals surface area (Å²) in [4.78, 5) is 35.9. The largest absolute Gasteiger partial charge is 0.494 e. The molecule has 2 fully saturated rings. The molecule has 2 atom stereocenters. The number of esters is 1. The zero-order valence-electron chi connectivity index (χ0n) is 19.9. The Bertz CT molecular complexity index is 977. The number of halogens is 5. The molecule has 14 heteroatoms. The molecule has 2 aliphatic heterocycles. The molecule has 2 heterocycles. The third-order valence-corrected chi connectivity index (χ3v) is 5.68. The maximum absolute atomic E-state index is 15.4. The monoisotopic (exact) mass is 526 g/mol. The third-order valence-electron chi connectivity index (χ3n) is 5.68. The van der Waals surface area contributed by atoms with Gasteiger partial charge in [-0.05, 0) is 19.1 Å². The minimum absolute atomic E-state index is 0.163. The molecule has 202 valence electrons. The zero-order valence-corrected chi connectivity index (χ0v) is 19.9. The van der Waals surface area contributed by atoms with E-state index in [1.54, 1.807) is 30.0 Å². The molecule has 1 aromatic rings. The first-order valence-corrected chi connectivity index (χ1v) is 10.7. The number of ether oxygens (including phenoxy) is 3. The number of carboxylic acids is 1. The zero-order chi connectivity index (χ0) is 27.3. The number of benzene rings is 1. The van der Waals surface area contributed by atoms with E-state index in [0.29, 0.717) is 23.5 Å². The summed E-state index contributed by atoms with van der Waals surface area (Å²) < 4.78 is 77.8. The summed E-state index contributed by atoms with van der Waals surface area (Å²) in [6.07, 6.45) is -5.08. The second-order valence-electron chi connectivity index (χ2n) is 8.18. The van der Waals surface area contributed by atoms with Gasteiger partial charge in [0.15, 0.2) is 5.67 Å². The van der Waals surface area contributed by atoms with Crippen molar-refractivity contribution in [3.8, 4) is 5.75 Å². The second-order valence-corrected chi connectivity index (χ2v) is 8.18. The Hall–Kier alpha value is -3.00. The van der Waals surface area contributed by atoms with Gasteiger partial charge in [0.25, 0.3) is 5.91 Å². The van der Waals surface area contributed by atoms with Crippen LogP contribution in [0.4, 0.5) is 22.0 Å². The number of methoxy groups -OCH3 is 2. The van der Waals surface area contributed by atoms with E-state index in [0.717, 1.165) is 0 Å². The van der Waals surface area contributed by atoms with Crippen LogP contribution in [0.1, 0.15) is 22.8 Å². The molecular formula is C22H27F5N2O7. The van der Waals surface area contributed by atoms with Crippen molar-refractivity contribution in [2.45, 2.75) is 31.0 Å². The van der Waals surface area contributed by atoms with Gasteiger partial charge < -0.3 is 24.2 Å². The van der Waals surface area contributed by atoms with Crippen LogP contribution in [-0.4, -0.2) is 104 Å². The Morgan fingerprint density at radius 3 is 2.28 bits per heavy atom. The molecule has 2 saturated heterocycles. The number of hydrogen-bond donors (Lipinski definition) is 1. The van der Waals surface area contributed by atoms with Crippen LogP contribution in [-0.2, 0) is 25.6 Å². The van der Waals surface area contributed by atoms with E-state index in [-0.39, 0.29) is 39.3 Å². The number of fused-ring (bicyclic) bond motifs is 1. The number of aliphatic carboxylic acids is 1. The Balaban J connectivity index is 0.000000572. The molecule has 9 nitrogen and oxygen atoms in total. The lowest BCUT2D eigenvalue weighted by Crippen LogP contribution is -2.47. The van der Waals surface area contributed by atoms with Crippen molar-refractivity contribution in [3.63, 3.8) is 0 Å². The Kier molecular flexibility index (Phi) is 9.23. The topological polar surface area (TPSA) is 106 Å². The molecule has 0 aliphatic carbocycles. The highest BCUT2D eigenvalue weighted by Gasteiger charge is 2.70. The first-order valence-electron chi connectivity index (χ1n) is 10.7. The number of carbonyl (C=O) groups excluding carboxylic acids is 2. The van der Waals surface area contributed by atoms with Gasteiger partial charge in [0.1, 0.15) is 5.75 Å². The fourth-order valence-corrected chi connectivity index (χ4v) is 4.00. The van der Waals surface area contributed by atoms with E-state index >= 15 is 8.78 Å². The molecule has 2 aliphatic rings. The standard InChI is InChI=1S/C20H26F2N2O5.C2HF3O2/c1-4-29-16-9-14(17(25)28-3)5-6-15(16)10-23-11-19(21)12-24(7-8-27-2)18(26)20(19,22)13-23;3-2(4,5)1(6)7/h5-6,9H,4,7-8,10-13H2,1-3H3;(H,6,7)/t19-,20+;/m0./s1. The molecule has 0 aromatic heterocycles. The number of carboxylic acid groups (broad SMARTS) is 1. The summed E-state index contributed by atoms with van der Waals surface area (Å²) in [5, 5.41) is 7.12. The molecular weight excluding hydrogens is 499 g/mol. The van der Waals surface area contributed by atoms with Crippen molar-refractivity contribution >= 4 is 17.8 Å². The molecule has 0 radical (unpaired) electrons. The van der Waals surface area contributed by atoms with E-state index < -0.39 is 35.4 Å². The van der Waals surface area contributed by atoms with Crippen molar-refractivity contribution in [2.24, 2.45) is 0 Å². The maximum Gasteiger partial charge on any atom is 0.490 e. The predicted molar refractivity (Wildman–Crippen MR) is 114 cm³/mol. The van der Waals surface area contributed by atoms with E-state index in [1.165, 1.54) is 19.1 Å². The van der Waals surface area contributed by atoms with Gasteiger partial charge >= 0.3 is 18.1 Å². The molecule has 36 heavy (non-hydrogen) atoms. The predicted octanol–water partition coefficient (Wildman–Crippen LogP) is 2.23. The summed E-state index contributed by atoms with van der Waals surface area (Å²) in [6, 6.07) is 4.80. The molecule has 0 spiro atoms. The van der Waals surface area contributed by atoms with Gasteiger partial charge in [-0.1, -0.05) is 6.07 Å². The van der Waals surface area contributed by atoms with Gasteiger partial charge in [-0.3, -0.25) is 9.69 Å². The molecule has 1 amide bonds. The van der Waals surface area contributed by atoms with E-state index in [4.69, 9.17) is 24.1 Å². The minimum Gasteiger partial charge on any atom is -0.494 e. The van der Waals surface area contributed by atoms with Crippen molar-refractivity contribution in [1.82, 2.24) is 9.80 Å². The maximum atomic E-state index is 15.4. The molecule has 0 bridgehead atoms. The average molecular weight is 526 g/mol. The first-order chi connectivity index (χ1) is 16.7. The molecule has 1 N–H and O–H groups in total. The number of rotatable bonds is 8. The van der Waals surface area contributed by atoms with Crippen LogP contribution in [0.25, 0.3) is 0 Å². The third kappa shape index (κ3) is 6.22. The van der Waals surface area contributed by atoms with Gasteiger partial charge in [0.2, 0.25) is 5.67 Å². The summed E-state index contributed by atoms with van der Waals surface area (Å²) >= 11 is 0. The lowest BCUT2D eigenvalue weighted by Gasteiger charge is -2.23. The van der Waals surface area contributed by atoms with Crippen LogP contribution < -0.4 is 4.74 Å². The van der Waals surface area contributed by atoms with Gasteiger partial charge in [-0.15, -0.1) is 0 Å². The van der Waals surface area contributed by atoms with E-state index in [2.05, 4.69) is 0 Å². The Morgan fingerprint density at radius 2 is 1.78 bits per heavy atom. The summed E-state index contributed by atoms with van der Waals surface area (Å²) in [6.45, 7) is 1.92. The van der Waals surface area contributed by atoms with Gasteiger partial charge in [-0.25, -0.2) is 18.4 Å². The van der Waals surface area contributed by atoms with Crippen LogP contribution in [0.5, 0.6) is 5.75 Å². The van der Waals surface area contributed by atoms with Crippen molar-refractivity contribution in [2.75, 3.05) is 53.6 Å². The molecule has 0 unspecified atom stereocenters. The second kappa shape index (κ2) is 11.4. The normalized spacial score (nSPS) is 23.7. The van der Waals surface area contributed by atoms with Crippen molar-refractivity contribution in [1.29, 1.82) is 0 Å². The lowest BCUT2D eigenvalue weighted by molar-refractivity contribution is -0.192. The average Bonchev–Trinajstić information content (AvgIpc) is 3.15. The van der Waals surface area contributed by atoms with Crippen LogP contribution in [0, 0.1) is 0 Å². The van der Waals surface area contributed by atoms with Crippen LogP contribution in [0.15, 0.2) is 18.2 Å². The fourth-order valence-electron chi connectivity index (χ4n) is 4.00. The molecule has 3 rings (SSSR count). The Morgan fingerprint density at radius 1 is 1.14 bits per heavy atom. The van der Waals surface area contributed by atoms with Crippen molar-refractivity contribution < 1.29 is 55.7 Å². The number of likely N-dealkylation sites (tertiary alicyclic amines) is 2. The first kappa shape index (κ1) is 29.2. The van der Waals surface area contributed by atoms with Crippen LogP contribution in [0.2, 0.25) is 0 Å². The number of amides is 1. The van der Waals surface area contributed by atoms with Crippen LogP contribution >= 0.6 is 0 Å².